The van der Waals surface area contributed by atoms with Gasteiger partial charge in [-0.2, -0.15) is 0 Å². The number of unbranched alkanes of at least 4 members (excludes halogenated alkanes) is 10. The molecule has 0 atom stereocenters. The zero-order valence-electron chi connectivity index (χ0n) is 12.0. The second-order valence-corrected chi connectivity index (χ2v) is 5.49. The van der Waals surface area contributed by atoms with Crippen LogP contribution in [0.3, 0.4) is 0 Å². The Morgan fingerprint density at radius 1 is 0.562 bits per heavy atom. The third-order valence-electron chi connectivity index (χ3n) is 3.28. The van der Waals surface area contributed by atoms with E-state index in [1.54, 1.807) is 4.90 Å². The lowest BCUT2D eigenvalue weighted by atomic mass is 10.1. The van der Waals surface area contributed by atoms with Gasteiger partial charge in [0.15, 0.2) is 0 Å². The third kappa shape index (κ3) is 14.0. The second-order valence-electron chi connectivity index (χ2n) is 5.49. The fourth-order valence-electron chi connectivity index (χ4n) is 2.14. The van der Waals surface area contributed by atoms with Gasteiger partial charge in [-0.25, -0.2) is 0 Å². The lowest BCUT2D eigenvalue weighted by Crippen LogP contribution is -3.05. The molecule has 98 valence electrons. The van der Waals surface area contributed by atoms with E-state index in [0.717, 1.165) is 0 Å². The highest BCUT2D eigenvalue weighted by Crippen LogP contribution is 2.10. The zero-order valence-corrected chi connectivity index (χ0v) is 12.0. The molecule has 1 heteroatoms. The first kappa shape index (κ1) is 16.0. The second kappa shape index (κ2) is 13.0. The molecule has 0 rings (SSSR count). The molecule has 0 fully saturated rings. The van der Waals surface area contributed by atoms with Crippen molar-refractivity contribution in [3.63, 3.8) is 0 Å². The van der Waals surface area contributed by atoms with Crippen LogP contribution < -0.4 is 4.90 Å². The summed E-state index contributed by atoms with van der Waals surface area (Å²) in [6.07, 6.45) is 15.9. The van der Waals surface area contributed by atoms with Gasteiger partial charge in [0.2, 0.25) is 0 Å². The summed E-state index contributed by atoms with van der Waals surface area (Å²) in [6, 6.07) is 0. The highest BCUT2D eigenvalue weighted by molar-refractivity contribution is 4.47. The predicted octanol–water partition coefficient (Wildman–Crippen LogP) is 3.44. The lowest BCUT2D eigenvalue weighted by molar-refractivity contribution is -0.858. The molecule has 16 heavy (non-hydrogen) atoms. The Kier molecular flexibility index (Phi) is 13.0. The van der Waals surface area contributed by atoms with Crippen molar-refractivity contribution in [2.45, 2.75) is 77.6 Å². The molecule has 0 aliphatic rings. The van der Waals surface area contributed by atoms with Crippen molar-refractivity contribution in [2.24, 2.45) is 0 Å². The summed E-state index contributed by atoms with van der Waals surface area (Å²) in [5, 5.41) is 0. The standard InChI is InChI=1S/C15H33N/c1-4-5-6-7-8-9-10-11-12-13-14-15-16(2)3/h4-15H2,1-3H3/p+1. The molecule has 0 bridgehead atoms. The maximum Gasteiger partial charge on any atom is 0.0766 e. The lowest BCUT2D eigenvalue weighted by Gasteiger charge is -2.06. The Morgan fingerprint density at radius 2 is 0.938 bits per heavy atom. The highest BCUT2D eigenvalue weighted by Gasteiger charge is 1.95. The summed E-state index contributed by atoms with van der Waals surface area (Å²) in [7, 11) is 4.49. The summed E-state index contributed by atoms with van der Waals surface area (Å²) < 4.78 is 0. The first-order valence-corrected chi connectivity index (χ1v) is 7.56. The average Bonchev–Trinajstić information content (AvgIpc) is 2.25. The Labute approximate surface area is 104 Å². The number of nitrogens with one attached hydrogen (secondary N) is 1. The zero-order chi connectivity index (χ0) is 12.1. The molecule has 0 saturated heterocycles. The fraction of sp³-hybridized carbons (Fsp3) is 1.00. The van der Waals surface area contributed by atoms with E-state index in [2.05, 4.69) is 21.0 Å². The molecule has 0 unspecified atom stereocenters. The molecule has 0 spiro atoms. The maximum absolute atomic E-state index is 2.29. The van der Waals surface area contributed by atoms with Crippen molar-refractivity contribution < 1.29 is 4.90 Å². The summed E-state index contributed by atoms with van der Waals surface area (Å²) in [6.45, 7) is 3.63. The maximum atomic E-state index is 2.29. The van der Waals surface area contributed by atoms with Crippen molar-refractivity contribution in [1.29, 1.82) is 0 Å². The fourth-order valence-corrected chi connectivity index (χ4v) is 2.14. The van der Waals surface area contributed by atoms with Crippen LogP contribution in [0, 0.1) is 0 Å². The molecule has 0 radical (unpaired) electrons. The molecule has 0 aromatic rings. The SMILES string of the molecule is CCCCCCCCCCCCC[NH+](C)C. The summed E-state index contributed by atoms with van der Waals surface area (Å²) in [4.78, 5) is 1.59. The van der Waals surface area contributed by atoms with Crippen LogP contribution in [0.5, 0.6) is 0 Å². The summed E-state index contributed by atoms with van der Waals surface area (Å²) in [5.74, 6) is 0. The number of quaternary nitrogens is 1. The minimum atomic E-state index is 1.34. The van der Waals surface area contributed by atoms with Crippen LogP contribution in [0.25, 0.3) is 0 Å². The van der Waals surface area contributed by atoms with Gasteiger partial charge in [-0.3, -0.25) is 0 Å². The normalized spacial score (nSPS) is 11.2. The molecule has 1 N–H and O–H groups in total. The van der Waals surface area contributed by atoms with E-state index in [1.165, 1.54) is 77.2 Å². The van der Waals surface area contributed by atoms with Crippen LogP contribution in [-0.2, 0) is 0 Å². The van der Waals surface area contributed by atoms with E-state index >= 15 is 0 Å². The Balaban J connectivity index is 2.88. The molecule has 1 nitrogen and oxygen atoms in total. The summed E-state index contributed by atoms with van der Waals surface area (Å²) in [5.41, 5.74) is 0. The van der Waals surface area contributed by atoms with E-state index in [0.29, 0.717) is 0 Å². The molecular weight excluding hydrogens is 194 g/mol. The van der Waals surface area contributed by atoms with Gasteiger partial charge in [0.05, 0.1) is 20.6 Å². The van der Waals surface area contributed by atoms with Gasteiger partial charge in [-0.15, -0.1) is 0 Å². The van der Waals surface area contributed by atoms with Crippen molar-refractivity contribution in [3.8, 4) is 0 Å². The van der Waals surface area contributed by atoms with Crippen LogP contribution in [0.15, 0.2) is 0 Å². The predicted molar refractivity (Wildman–Crippen MR) is 74.1 cm³/mol. The molecule has 0 heterocycles. The Morgan fingerprint density at radius 3 is 1.31 bits per heavy atom. The first-order valence-electron chi connectivity index (χ1n) is 7.56. The molecule has 0 aromatic carbocycles. The summed E-state index contributed by atoms with van der Waals surface area (Å²) >= 11 is 0. The quantitative estimate of drug-likeness (QED) is 0.488. The highest BCUT2D eigenvalue weighted by atomic mass is 15.0. The van der Waals surface area contributed by atoms with E-state index in [9.17, 15) is 0 Å². The van der Waals surface area contributed by atoms with Crippen molar-refractivity contribution in [1.82, 2.24) is 0 Å². The van der Waals surface area contributed by atoms with Gasteiger partial charge in [-0.1, -0.05) is 64.7 Å². The molecule has 0 aromatic heterocycles. The Hall–Kier alpha value is -0.0400. The minimum Gasteiger partial charge on any atom is -0.340 e. The van der Waals surface area contributed by atoms with Crippen LogP contribution >= 0.6 is 0 Å². The van der Waals surface area contributed by atoms with Crippen LogP contribution in [0.4, 0.5) is 0 Å². The van der Waals surface area contributed by atoms with Crippen molar-refractivity contribution >= 4 is 0 Å². The number of rotatable bonds is 12. The van der Waals surface area contributed by atoms with Gasteiger partial charge in [0.25, 0.3) is 0 Å². The van der Waals surface area contributed by atoms with E-state index in [4.69, 9.17) is 0 Å². The van der Waals surface area contributed by atoms with Gasteiger partial charge in [0.1, 0.15) is 0 Å². The van der Waals surface area contributed by atoms with Gasteiger partial charge in [-0.05, 0) is 12.8 Å². The number of hydrogen-bond donors (Lipinski definition) is 1. The molecule has 0 saturated carbocycles. The first-order chi connectivity index (χ1) is 7.77. The van der Waals surface area contributed by atoms with E-state index in [1.807, 2.05) is 0 Å². The average molecular weight is 228 g/mol. The molecule has 0 aliphatic carbocycles. The van der Waals surface area contributed by atoms with Crippen LogP contribution in [-0.4, -0.2) is 20.6 Å². The molecule has 0 amide bonds. The third-order valence-corrected chi connectivity index (χ3v) is 3.28. The molecular formula is C15H34N+. The molecule has 0 aliphatic heterocycles. The van der Waals surface area contributed by atoms with Gasteiger partial charge >= 0.3 is 0 Å². The largest absolute Gasteiger partial charge is 0.340 e. The van der Waals surface area contributed by atoms with E-state index in [-0.39, 0.29) is 0 Å². The van der Waals surface area contributed by atoms with Gasteiger partial charge in [0, 0.05) is 0 Å². The van der Waals surface area contributed by atoms with Crippen molar-refractivity contribution in [3.05, 3.63) is 0 Å². The number of hydrogen-bond acceptors (Lipinski definition) is 0. The smallest absolute Gasteiger partial charge is 0.0766 e. The van der Waals surface area contributed by atoms with E-state index < -0.39 is 0 Å². The van der Waals surface area contributed by atoms with Crippen LogP contribution in [0.2, 0.25) is 0 Å². The minimum absolute atomic E-state index is 1.34. The van der Waals surface area contributed by atoms with Crippen molar-refractivity contribution in [2.75, 3.05) is 20.6 Å². The van der Waals surface area contributed by atoms with Gasteiger partial charge < -0.3 is 4.90 Å². The monoisotopic (exact) mass is 228 g/mol. The van der Waals surface area contributed by atoms with Crippen LogP contribution in [0.1, 0.15) is 77.6 Å². The Bertz CT molecular complexity index is 121. The topological polar surface area (TPSA) is 4.44 Å².